The lowest BCUT2D eigenvalue weighted by molar-refractivity contribution is -0.159. The highest BCUT2D eigenvalue weighted by atomic mass is 35.5. The molecule has 21 heavy (non-hydrogen) atoms. The van der Waals surface area contributed by atoms with Gasteiger partial charge in [0, 0.05) is 24.8 Å². The molecule has 2 saturated heterocycles. The number of benzene rings is 1. The van der Waals surface area contributed by atoms with E-state index < -0.39 is 6.10 Å². The third-order valence-corrected chi connectivity index (χ3v) is 5.18. The first-order valence-electron chi connectivity index (χ1n) is 7.75. The zero-order chi connectivity index (χ0) is 14.9. The maximum atomic E-state index is 10.8. The van der Waals surface area contributed by atoms with Gasteiger partial charge in [-0.15, -0.1) is 0 Å². The van der Waals surface area contributed by atoms with Gasteiger partial charge >= 0.3 is 0 Å². The highest BCUT2D eigenvalue weighted by Gasteiger charge is 2.41. The Bertz CT molecular complexity index is 491. The van der Waals surface area contributed by atoms with Crippen molar-refractivity contribution >= 4 is 11.6 Å². The molecule has 2 atom stereocenters. The second-order valence-electron chi connectivity index (χ2n) is 6.37. The number of halogens is 1. The number of aryl methyl sites for hydroxylation is 1. The van der Waals surface area contributed by atoms with Gasteiger partial charge in [0.15, 0.2) is 0 Å². The van der Waals surface area contributed by atoms with Crippen molar-refractivity contribution in [1.29, 1.82) is 0 Å². The second kappa shape index (κ2) is 6.25. The third-order valence-electron chi connectivity index (χ3n) is 4.86. The fraction of sp³-hybridized carbons (Fsp3) is 0.647. The fourth-order valence-electron chi connectivity index (χ4n) is 3.55. The summed E-state index contributed by atoms with van der Waals surface area (Å²) in [7, 11) is 0. The molecule has 2 unspecified atom stereocenters. The smallest absolute Gasteiger partial charge is 0.0834 e. The largest absolute Gasteiger partial charge is 0.388 e. The zero-order valence-electron chi connectivity index (χ0n) is 12.5. The number of aliphatic hydroxyl groups excluding tert-OH is 1. The van der Waals surface area contributed by atoms with E-state index in [1.807, 2.05) is 25.1 Å². The monoisotopic (exact) mass is 310 g/mol. The van der Waals surface area contributed by atoms with Crippen LogP contribution in [0.25, 0.3) is 0 Å². The van der Waals surface area contributed by atoms with E-state index in [1.54, 1.807) is 0 Å². The Kier molecular flexibility index (Phi) is 4.55. The molecule has 2 fully saturated rings. The minimum Gasteiger partial charge on any atom is -0.388 e. The van der Waals surface area contributed by atoms with Gasteiger partial charge in [-0.05, 0) is 55.7 Å². The molecule has 1 spiro atoms. The minimum absolute atomic E-state index is 0.0979. The minimum atomic E-state index is -0.512. The average molecular weight is 311 g/mol. The topological polar surface area (TPSA) is 38.7 Å². The molecule has 2 aliphatic heterocycles. The summed E-state index contributed by atoms with van der Waals surface area (Å²) in [5, 5.41) is 11.4. The van der Waals surface area contributed by atoms with Crippen LogP contribution in [0.4, 0.5) is 0 Å². The van der Waals surface area contributed by atoms with E-state index in [4.69, 9.17) is 21.1 Å². The fourth-order valence-corrected chi connectivity index (χ4v) is 3.90. The van der Waals surface area contributed by atoms with Gasteiger partial charge in [0.25, 0.3) is 0 Å². The molecule has 1 N–H and O–H groups in total. The van der Waals surface area contributed by atoms with Crippen LogP contribution in [0.15, 0.2) is 18.2 Å². The lowest BCUT2D eigenvalue weighted by Crippen LogP contribution is -2.45. The molecule has 0 amide bonds. The molecular weight excluding hydrogens is 288 g/mol. The molecule has 0 radical (unpaired) electrons. The van der Waals surface area contributed by atoms with E-state index in [0.29, 0.717) is 11.6 Å². The van der Waals surface area contributed by atoms with E-state index >= 15 is 0 Å². The molecule has 116 valence electrons. The lowest BCUT2D eigenvalue weighted by atomic mass is 9.77. The van der Waals surface area contributed by atoms with E-state index in [1.165, 1.54) is 0 Å². The molecule has 1 aromatic carbocycles. The molecule has 0 bridgehead atoms. The van der Waals surface area contributed by atoms with Crippen LogP contribution >= 0.6 is 11.6 Å². The Hall–Kier alpha value is -0.610. The summed E-state index contributed by atoms with van der Waals surface area (Å²) in [6, 6.07) is 5.88. The van der Waals surface area contributed by atoms with Crippen LogP contribution in [0, 0.1) is 12.8 Å². The van der Waals surface area contributed by atoms with E-state index in [9.17, 15) is 5.11 Å². The summed E-state index contributed by atoms with van der Waals surface area (Å²) in [5.41, 5.74) is 1.86. The molecule has 0 aromatic heterocycles. The number of aliphatic hydroxyl groups is 1. The van der Waals surface area contributed by atoms with Crippen LogP contribution in [-0.4, -0.2) is 30.5 Å². The van der Waals surface area contributed by atoms with Crippen LogP contribution in [0.1, 0.15) is 42.9 Å². The van der Waals surface area contributed by atoms with Gasteiger partial charge in [0.05, 0.1) is 11.7 Å². The standard InChI is InChI=1S/C17H23ClO3/c1-12-2-3-14(15(18)10-12)16(19)13-4-7-21-17(11-13)5-8-20-9-6-17/h2-3,10,13,16,19H,4-9,11H2,1H3. The number of hydrogen-bond donors (Lipinski definition) is 1. The first kappa shape index (κ1) is 15.3. The predicted octanol–water partition coefficient (Wildman–Crippen LogP) is 3.66. The first-order valence-corrected chi connectivity index (χ1v) is 8.13. The van der Waals surface area contributed by atoms with Crippen molar-refractivity contribution in [3.8, 4) is 0 Å². The lowest BCUT2D eigenvalue weighted by Gasteiger charge is -2.44. The van der Waals surface area contributed by atoms with Crippen LogP contribution in [-0.2, 0) is 9.47 Å². The quantitative estimate of drug-likeness (QED) is 0.906. The van der Waals surface area contributed by atoms with Gasteiger partial charge in [0.2, 0.25) is 0 Å². The van der Waals surface area contributed by atoms with Crippen LogP contribution in [0.2, 0.25) is 5.02 Å². The van der Waals surface area contributed by atoms with Gasteiger partial charge < -0.3 is 14.6 Å². The summed E-state index contributed by atoms with van der Waals surface area (Å²) < 4.78 is 11.5. The zero-order valence-corrected chi connectivity index (χ0v) is 13.2. The van der Waals surface area contributed by atoms with Crippen molar-refractivity contribution in [2.24, 2.45) is 5.92 Å². The molecule has 2 aliphatic rings. The molecular formula is C17H23ClO3. The Morgan fingerprint density at radius 3 is 2.76 bits per heavy atom. The maximum absolute atomic E-state index is 10.8. The Morgan fingerprint density at radius 1 is 1.29 bits per heavy atom. The summed E-state index contributed by atoms with van der Waals surface area (Å²) in [5.74, 6) is 0.206. The highest BCUT2D eigenvalue weighted by molar-refractivity contribution is 6.31. The molecule has 2 heterocycles. The number of hydrogen-bond acceptors (Lipinski definition) is 3. The van der Waals surface area contributed by atoms with Crippen molar-refractivity contribution in [3.05, 3.63) is 34.3 Å². The van der Waals surface area contributed by atoms with Gasteiger partial charge in [-0.2, -0.15) is 0 Å². The second-order valence-corrected chi connectivity index (χ2v) is 6.77. The van der Waals surface area contributed by atoms with E-state index in [-0.39, 0.29) is 11.5 Å². The van der Waals surface area contributed by atoms with Crippen molar-refractivity contribution in [1.82, 2.24) is 0 Å². The summed E-state index contributed by atoms with van der Waals surface area (Å²) in [6.45, 7) is 4.24. The molecule has 4 heteroatoms. The van der Waals surface area contributed by atoms with Crippen LogP contribution < -0.4 is 0 Å². The molecule has 1 aromatic rings. The Morgan fingerprint density at radius 2 is 2.05 bits per heavy atom. The maximum Gasteiger partial charge on any atom is 0.0834 e. The summed E-state index contributed by atoms with van der Waals surface area (Å²) >= 11 is 6.31. The van der Waals surface area contributed by atoms with E-state index in [0.717, 1.165) is 50.0 Å². The summed E-state index contributed by atoms with van der Waals surface area (Å²) in [4.78, 5) is 0. The van der Waals surface area contributed by atoms with Gasteiger partial charge in [-0.3, -0.25) is 0 Å². The normalized spacial score (nSPS) is 26.7. The molecule has 3 nitrogen and oxygen atoms in total. The van der Waals surface area contributed by atoms with Gasteiger partial charge in [-0.1, -0.05) is 23.7 Å². The van der Waals surface area contributed by atoms with Gasteiger partial charge in [-0.25, -0.2) is 0 Å². The van der Waals surface area contributed by atoms with Crippen molar-refractivity contribution in [2.45, 2.75) is 44.3 Å². The number of rotatable bonds is 2. The Labute approximate surface area is 131 Å². The van der Waals surface area contributed by atoms with Crippen LogP contribution in [0.3, 0.4) is 0 Å². The third kappa shape index (κ3) is 3.26. The SMILES string of the molecule is Cc1ccc(C(O)C2CCOC3(CCOCC3)C2)c(Cl)c1. The van der Waals surface area contributed by atoms with Crippen molar-refractivity contribution in [3.63, 3.8) is 0 Å². The van der Waals surface area contributed by atoms with Gasteiger partial charge in [0.1, 0.15) is 0 Å². The highest BCUT2D eigenvalue weighted by Crippen LogP contribution is 2.42. The molecule has 3 rings (SSSR count). The van der Waals surface area contributed by atoms with Crippen molar-refractivity contribution < 1.29 is 14.6 Å². The van der Waals surface area contributed by atoms with E-state index in [2.05, 4.69) is 0 Å². The predicted molar refractivity (Wildman–Crippen MR) is 82.6 cm³/mol. The first-order chi connectivity index (χ1) is 10.1. The Balaban J connectivity index is 1.76. The number of ether oxygens (including phenoxy) is 2. The molecule has 0 saturated carbocycles. The molecule has 0 aliphatic carbocycles. The summed E-state index contributed by atoms with van der Waals surface area (Å²) in [6.07, 6.45) is 3.12. The van der Waals surface area contributed by atoms with Crippen molar-refractivity contribution in [2.75, 3.05) is 19.8 Å². The average Bonchev–Trinajstić information content (AvgIpc) is 2.47. The van der Waals surface area contributed by atoms with Crippen LogP contribution in [0.5, 0.6) is 0 Å².